The molecule has 0 aromatic heterocycles. The first kappa shape index (κ1) is 9.14. The van der Waals surface area contributed by atoms with Crippen LogP contribution in [0.2, 0.25) is 0 Å². The van der Waals surface area contributed by atoms with Crippen molar-refractivity contribution >= 4 is 16.6 Å². The molecule has 1 rings (SSSR count). The summed E-state index contributed by atoms with van der Waals surface area (Å²) in [5.74, 6) is 0.806. The van der Waals surface area contributed by atoms with E-state index in [-0.39, 0.29) is 0 Å². The van der Waals surface area contributed by atoms with Crippen molar-refractivity contribution in [1.82, 2.24) is 0 Å². The Balaban J connectivity index is 3.13. The molecule has 0 spiro atoms. The average molecular weight is 183 g/mol. The van der Waals surface area contributed by atoms with Gasteiger partial charge in [0.15, 0.2) is 0 Å². The van der Waals surface area contributed by atoms with Crippen molar-refractivity contribution in [3.63, 3.8) is 0 Å². The van der Waals surface area contributed by atoms with E-state index in [4.69, 9.17) is 16.3 Å². The lowest BCUT2D eigenvalue weighted by molar-refractivity contribution is 0.413. The third kappa shape index (κ3) is 1.80. The number of ether oxygens (including phenoxy) is 1. The Morgan fingerprint density at radius 3 is 2.67 bits per heavy atom. The standard InChI is InChI=1S/C10H11ClO/c1-3-9(11)8-6-4-5-7-10(8)12-2/h3-7H,1-2H3. The fraction of sp³-hybridized carbons (Fsp3) is 0.200. The highest BCUT2D eigenvalue weighted by Gasteiger charge is 2.02. The van der Waals surface area contributed by atoms with E-state index in [1.54, 1.807) is 7.11 Å². The Labute approximate surface area is 77.6 Å². The fourth-order valence-corrected chi connectivity index (χ4v) is 1.15. The molecule has 0 atom stereocenters. The van der Waals surface area contributed by atoms with Gasteiger partial charge in [-0.3, -0.25) is 0 Å². The summed E-state index contributed by atoms with van der Waals surface area (Å²) < 4.78 is 5.14. The van der Waals surface area contributed by atoms with Crippen LogP contribution in [0.5, 0.6) is 5.75 Å². The summed E-state index contributed by atoms with van der Waals surface area (Å²) in [5, 5.41) is 0.715. The van der Waals surface area contributed by atoms with Crippen molar-refractivity contribution < 1.29 is 4.74 Å². The van der Waals surface area contributed by atoms with Gasteiger partial charge in [-0.15, -0.1) is 0 Å². The zero-order chi connectivity index (χ0) is 8.97. The quantitative estimate of drug-likeness (QED) is 0.682. The summed E-state index contributed by atoms with van der Waals surface area (Å²) >= 11 is 5.96. The van der Waals surface area contributed by atoms with Crippen LogP contribution in [0.3, 0.4) is 0 Å². The second-order valence-corrected chi connectivity index (χ2v) is 2.74. The van der Waals surface area contributed by atoms with Crippen molar-refractivity contribution in [2.24, 2.45) is 0 Å². The Kier molecular flexibility index (Phi) is 3.18. The number of rotatable bonds is 2. The number of methoxy groups -OCH3 is 1. The topological polar surface area (TPSA) is 9.23 Å². The van der Waals surface area contributed by atoms with Gasteiger partial charge in [-0.1, -0.05) is 29.8 Å². The predicted molar refractivity (Wildman–Crippen MR) is 52.5 cm³/mol. The Morgan fingerprint density at radius 2 is 2.08 bits per heavy atom. The van der Waals surface area contributed by atoms with Gasteiger partial charge in [-0.25, -0.2) is 0 Å². The second kappa shape index (κ2) is 4.17. The minimum atomic E-state index is 0.715. The van der Waals surface area contributed by atoms with Crippen molar-refractivity contribution in [2.45, 2.75) is 6.92 Å². The first-order valence-corrected chi connectivity index (χ1v) is 4.12. The van der Waals surface area contributed by atoms with Crippen molar-refractivity contribution in [1.29, 1.82) is 0 Å². The SMILES string of the molecule is CC=C(Cl)c1ccccc1OC. The molecular formula is C10H11ClO. The van der Waals surface area contributed by atoms with Gasteiger partial charge >= 0.3 is 0 Å². The largest absolute Gasteiger partial charge is 0.496 e. The van der Waals surface area contributed by atoms with E-state index in [0.717, 1.165) is 11.3 Å². The Hall–Kier alpha value is -0.950. The second-order valence-electron chi connectivity index (χ2n) is 2.34. The summed E-state index contributed by atoms with van der Waals surface area (Å²) in [6.07, 6.45) is 1.85. The number of para-hydroxylation sites is 1. The monoisotopic (exact) mass is 182 g/mol. The minimum Gasteiger partial charge on any atom is -0.496 e. The van der Waals surface area contributed by atoms with E-state index >= 15 is 0 Å². The van der Waals surface area contributed by atoms with Gasteiger partial charge in [-0.05, 0) is 19.1 Å². The minimum absolute atomic E-state index is 0.715. The molecule has 0 aliphatic carbocycles. The van der Waals surface area contributed by atoms with Crippen LogP contribution in [-0.2, 0) is 0 Å². The highest BCUT2D eigenvalue weighted by Crippen LogP contribution is 2.27. The summed E-state index contributed by atoms with van der Waals surface area (Å²) in [7, 11) is 1.64. The predicted octanol–water partition coefficient (Wildman–Crippen LogP) is 3.29. The molecule has 0 N–H and O–H groups in total. The highest BCUT2D eigenvalue weighted by molar-refractivity contribution is 6.49. The molecular weight excluding hydrogens is 172 g/mol. The molecule has 0 amide bonds. The molecule has 0 unspecified atom stereocenters. The molecule has 0 saturated heterocycles. The molecule has 0 fully saturated rings. The molecule has 0 saturated carbocycles. The van der Waals surface area contributed by atoms with Gasteiger partial charge in [0.2, 0.25) is 0 Å². The van der Waals surface area contributed by atoms with Gasteiger partial charge in [-0.2, -0.15) is 0 Å². The van der Waals surface area contributed by atoms with Gasteiger partial charge in [0.1, 0.15) is 5.75 Å². The first-order valence-electron chi connectivity index (χ1n) is 3.74. The third-order valence-corrected chi connectivity index (χ3v) is 2.04. The lowest BCUT2D eigenvalue weighted by Crippen LogP contribution is -1.87. The van der Waals surface area contributed by atoms with Crippen LogP contribution in [0.15, 0.2) is 30.3 Å². The van der Waals surface area contributed by atoms with Gasteiger partial charge in [0, 0.05) is 10.6 Å². The maximum absolute atomic E-state index is 5.96. The van der Waals surface area contributed by atoms with Crippen LogP contribution in [0.1, 0.15) is 12.5 Å². The summed E-state index contributed by atoms with van der Waals surface area (Å²) in [6, 6.07) is 7.67. The summed E-state index contributed by atoms with van der Waals surface area (Å²) in [6.45, 7) is 1.90. The number of hydrogen-bond donors (Lipinski definition) is 0. The van der Waals surface area contributed by atoms with E-state index in [2.05, 4.69) is 0 Å². The number of benzene rings is 1. The average Bonchev–Trinajstić information content (AvgIpc) is 2.16. The number of allylic oxidation sites excluding steroid dienone is 1. The molecule has 0 aliphatic rings. The molecule has 1 nitrogen and oxygen atoms in total. The highest BCUT2D eigenvalue weighted by atomic mass is 35.5. The van der Waals surface area contributed by atoms with E-state index in [1.807, 2.05) is 37.3 Å². The van der Waals surface area contributed by atoms with Crippen molar-refractivity contribution in [3.8, 4) is 5.75 Å². The Morgan fingerprint density at radius 1 is 1.42 bits per heavy atom. The van der Waals surface area contributed by atoms with Crippen LogP contribution < -0.4 is 4.74 Å². The first-order chi connectivity index (χ1) is 5.79. The van der Waals surface area contributed by atoms with Crippen LogP contribution in [0.25, 0.3) is 5.03 Å². The van der Waals surface area contributed by atoms with Crippen LogP contribution in [0.4, 0.5) is 0 Å². The van der Waals surface area contributed by atoms with Crippen molar-refractivity contribution in [3.05, 3.63) is 35.9 Å². The van der Waals surface area contributed by atoms with E-state index in [1.165, 1.54) is 0 Å². The van der Waals surface area contributed by atoms with E-state index in [0.29, 0.717) is 5.03 Å². The molecule has 64 valence electrons. The molecule has 0 bridgehead atoms. The summed E-state index contributed by atoms with van der Waals surface area (Å²) in [4.78, 5) is 0. The lowest BCUT2D eigenvalue weighted by Gasteiger charge is -2.05. The molecule has 0 heterocycles. The zero-order valence-corrected chi connectivity index (χ0v) is 7.93. The lowest BCUT2D eigenvalue weighted by atomic mass is 10.2. The van der Waals surface area contributed by atoms with Crippen LogP contribution >= 0.6 is 11.6 Å². The fourth-order valence-electron chi connectivity index (χ4n) is 0.997. The van der Waals surface area contributed by atoms with E-state index < -0.39 is 0 Å². The normalized spacial score (nSPS) is 11.4. The van der Waals surface area contributed by atoms with Crippen molar-refractivity contribution in [2.75, 3.05) is 7.11 Å². The van der Waals surface area contributed by atoms with Gasteiger partial charge in [0.05, 0.1) is 7.11 Å². The van der Waals surface area contributed by atoms with Gasteiger partial charge in [0.25, 0.3) is 0 Å². The van der Waals surface area contributed by atoms with Crippen LogP contribution in [0, 0.1) is 0 Å². The molecule has 1 aromatic carbocycles. The maximum atomic E-state index is 5.96. The maximum Gasteiger partial charge on any atom is 0.127 e. The third-order valence-electron chi connectivity index (χ3n) is 1.62. The van der Waals surface area contributed by atoms with E-state index in [9.17, 15) is 0 Å². The van der Waals surface area contributed by atoms with Crippen LogP contribution in [-0.4, -0.2) is 7.11 Å². The smallest absolute Gasteiger partial charge is 0.127 e. The Bertz CT molecular complexity index is 292. The molecule has 0 radical (unpaired) electrons. The van der Waals surface area contributed by atoms with Gasteiger partial charge < -0.3 is 4.74 Å². The molecule has 12 heavy (non-hydrogen) atoms. The zero-order valence-electron chi connectivity index (χ0n) is 7.17. The molecule has 0 aliphatic heterocycles. The molecule has 1 aromatic rings. The summed E-state index contributed by atoms with van der Waals surface area (Å²) in [5.41, 5.74) is 0.934. The number of hydrogen-bond acceptors (Lipinski definition) is 1. The number of halogens is 1. The molecule has 2 heteroatoms.